The van der Waals surface area contributed by atoms with Crippen molar-refractivity contribution in [2.45, 2.75) is 31.9 Å². The Balaban J connectivity index is 1.47. The Kier molecular flexibility index (Phi) is 4.81. The summed E-state index contributed by atoms with van der Waals surface area (Å²) in [6.07, 6.45) is 0.319. The van der Waals surface area contributed by atoms with Crippen LogP contribution in [-0.2, 0) is 6.54 Å². The Morgan fingerprint density at radius 2 is 1.96 bits per heavy atom. The van der Waals surface area contributed by atoms with E-state index in [1.54, 1.807) is 12.1 Å². The second kappa shape index (κ2) is 7.25. The zero-order valence-electron chi connectivity index (χ0n) is 15.2. The molecule has 1 saturated heterocycles. The standard InChI is InChI=1S/C22H22FNO3/c1-14-10-22(26)27-21-11-15(2-7-18(14)21)12-24-9-8-19(20(25)13-24)16-3-5-17(23)6-4-16/h2-7,10-11,19-20,25H,8-9,12-13H2,1H3/t19-,20+/m0/s1. The predicted molar refractivity (Wildman–Crippen MR) is 102 cm³/mol. The van der Waals surface area contributed by atoms with E-state index in [-0.39, 0.29) is 17.4 Å². The second-order valence-corrected chi connectivity index (χ2v) is 7.33. The quantitative estimate of drug-likeness (QED) is 0.719. The minimum absolute atomic E-state index is 0.0270. The van der Waals surface area contributed by atoms with Crippen molar-refractivity contribution >= 4 is 11.0 Å². The highest BCUT2D eigenvalue weighted by Gasteiger charge is 2.28. The van der Waals surface area contributed by atoms with Gasteiger partial charge in [-0.3, -0.25) is 4.90 Å². The first-order valence-electron chi connectivity index (χ1n) is 9.19. The van der Waals surface area contributed by atoms with E-state index >= 15 is 0 Å². The third-order valence-electron chi connectivity index (χ3n) is 5.39. The first-order valence-corrected chi connectivity index (χ1v) is 9.19. The van der Waals surface area contributed by atoms with Crippen molar-refractivity contribution in [1.82, 2.24) is 4.90 Å². The van der Waals surface area contributed by atoms with Crippen LogP contribution in [0.3, 0.4) is 0 Å². The number of fused-ring (bicyclic) bond motifs is 1. The molecule has 0 saturated carbocycles. The van der Waals surface area contributed by atoms with Crippen LogP contribution in [-0.4, -0.2) is 29.2 Å². The van der Waals surface area contributed by atoms with Crippen LogP contribution in [0, 0.1) is 12.7 Å². The van der Waals surface area contributed by atoms with Crippen LogP contribution in [0.15, 0.2) is 57.7 Å². The van der Waals surface area contributed by atoms with Gasteiger partial charge >= 0.3 is 5.63 Å². The van der Waals surface area contributed by atoms with Crippen molar-refractivity contribution < 1.29 is 13.9 Å². The number of aryl methyl sites for hydroxylation is 1. The van der Waals surface area contributed by atoms with Crippen LogP contribution in [0.1, 0.15) is 29.0 Å². The first kappa shape index (κ1) is 17.9. The molecule has 27 heavy (non-hydrogen) atoms. The topological polar surface area (TPSA) is 53.7 Å². The summed E-state index contributed by atoms with van der Waals surface area (Å²) in [5, 5.41) is 11.5. The Hall–Kier alpha value is -2.50. The molecular formula is C22H22FNO3. The molecule has 0 bridgehead atoms. The molecule has 4 rings (SSSR count). The molecule has 2 aromatic carbocycles. The van der Waals surface area contributed by atoms with Crippen molar-refractivity contribution in [2.75, 3.05) is 13.1 Å². The normalized spacial score (nSPS) is 20.9. The second-order valence-electron chi connectivity index (χ2n) is 7.33. The molecule has 1 aliphatic rings. The number of likely N-dealkylation sites (tertiary alicyclic amines) is 1. The van der Waals surface area contributed by atoms with E-state index in [2.05, 4.69) is 4.90 Å². The van der Waals surface area contributed by atoms with Crippen molar-refractivity contribution in [3.63, 3.8) is 0 Å². The summed E-state index contributed by atoms with van der Waals surface area (Å²) in [5.74, 6) is -0.233. The van der Waals surface area contributed by atoms with E-state index in [4.69, 9.17) is 4.42 Å². The highest BCUT2D eigenvalue weighted by atomic mass is 19.1. The molecule has 140 valence electrons. The monoisotopic (exact) mass is 367 g/mol. The summed E-state index contributed by atoms with van der Waals surface area (Å²) in [6.45, 7) is 3.98. The van der Waals surface area contributed by atoms with E-state index < -0.39 is 6.10 Å². The van der Waals surface area contributed by atoms with Crippen molar-refractivity contribution in [2.24, 2.45) is 0 Å². The molecule has 2 heterocycles. The van der Waals surface area contributed by atoms with Gasteiger partial charge in [0.1, 0.15) is 11.4 Å². The van der Waals surface area contributed by atoms with Gasteiger partial charge in [-0.15, -0.1) is 0 Å². The number of nitrogens with zero attached hydrogens (tertiary/aromatic N) is 1. The predicted octanol–water partition coefficient (Wildman–Crippen LogP) is 3.59. The molecule has 2 atom stereocenters. The summed E-state index contributed by atoms with van der Waals surface area (Å²) < 4.78 is 18.4. The molecule has 0 aliphatic carbocycles. The lowest BCUT2D eigenvalue weighted by Gasteiger charge is -2.36. The van der Waals surface area contributed by atoms with Gasteiger partial charge in [0.15, 0.2) is 0 Å². The summed E-state index contributed by atoms with van der Waals surface area (Å²) in [5.41, 5.74) is 3.19. The molecule has 4 nitrogen and oxygen atoms in total. The molecule has 1 N–H and O–H groups in total. The fraction of sp³-hybridized carbons (Fsp3) is 0.318. The van der Waals surface area contributed by atoms with Gasteiger partial charge < -0.3 is 9.52 Å². The maximum Gasteiger partial charge on any atom is 0.336 e. The number of piperidine rings is 1. The number of aliphatic hydroxyl groups is 1. The summed E-state index contributed by atoms with van der Waals surface area (Å²) >= 11 is 0. The summed E-state index contributed by atoms with van der Waals surface area (Å²) in [4.78, 5) is 13.8. The molecule has 1 aliphatic heterocycles. The van der Waals surface area contributed by atoms with Gasteiger partial charge in [0.05, 0.1) is 6.10 Å². The minimum atomic E-state index is -0.496. The maximum atomic E-state index is 13.1. The highest BCUT2D eigenvalue weighted by Crippen LogP contribution is 2.29. The molecule has 1 fully saturated rings. The Morgan fingerprint density at radius 3 is 2.70 bits per heavy atom. The smallest absolute Gasteiger partial charge is 0.336 e. The van der Waals surface area contributed by atoms with Crippen molar-refractivity contribution in [1.29, 1.82) is 0 Å². The molecule has 0 spiro atoms. The number of benzene rings is 2. The zero-order valence-corrected chi connectivity index (χ0v) is 15.2. The average Bonchev–Trinajstić information content (AvgIpc) is 2.62. The van der Waals surface area contributed by atoms with Gasteiger partial charge in [0, 0.05) is 30.5 Å². The molecule has 3 aromatic rings. The van der Waals surface area contributed by atoms with Crippen LogP contribution in [0.2, 0.25) is 0 Å². The number of halogens is 1. The van der Waals surface area contributed by atoms with Gasteiger partial charge in [-0.1, -0.05) is 24.3 Å². The number of rotatable bonds is 3. The third kappa shape index (κ3) is 3.80. The van der Waals surface area contributed by atoms with Gasteiger partial charge in [-0.2, -0.15) is 0 Å². The van der Waals surface area contributed by atoms with E-state index in [1.807, 2.05) is 25.1 Å². The Labute approximate surface area is 156 Å². The van der Waals surface area contributed by atoms with Gasteiger partial charge in [0.2, 0.25) is 0 Å². The van der Waals surface area contributed by atoms with Crippen LogP contribution in [0.5, 0.6) is 0 Å². The Morgan fingerprint density at radius 1 is 1.19 bits per heavy atom. The highest BCUT2D eigenvalue weighted by molar-refractivity contribution is 5.80. The van der Waals surface area contributed by atoms with E-state index in [0.29, 0.717) is 18.7 Å². The molecule has 0 unspecified atom stereocenters. The third-order valence-corrected chi connectivity index (χ3v) is 5.39. The first-order chi connectivity index (χ1) is 13.0. The van der Waals surface area contributed by atoms with Crippen molar-refractivity contribution in [3.8, 4) is 0 Å². The SMILES string of the molecule is Cc1cc(=O)oc2cc(CN3CC[C@@H](c4ccc(F)cc4)[C@H](O)C3)ccc12. The molecule has 5 heteroatoms. The lowest BCUT2D eigenvalue weighted by Crippen LogP contribution is -2.42. The van der Waals surface area contributed by atoms with E-state index in [1.165, 1.54) is 18.2 Å². The van der Waals surface area contributed by atoms with Crippen LogP contribution < -0.4 is 5.63 Å². The van der Waals surface area contributed by atoms with Crippen molar-refractivity contribution in [3.05, 3.63) is 81.5 Å². The van der Waals surface area contributed by atoms with Gasteiger partial charge in [-0.05, 0) is 54.8 Å². The fourth-order valence-electron chi connectivity index (χ4n) is 3.97. The van der Waals surface area contributed by atoms with Crippen LogP contribution in [0.25, 0.3) is 11.0 Å². The lowest BCUT2D eigenvalue weighted by molar-refractivity contribution is 0.0477. The summed E-state index contributed by atoms with van der Waals surface area (Å²) in [6, 6.07) is 13.8. The number of β-amino-alcohol motifs (C(OH)–C–C–N with tert-alkyl or cyclic N) is 1. The number of hydrogen-bond donors (Lipinski definition) is 1. The lowest BCUT2D eigenvalue weighted by atomic mass is 9.87. The average molecular weight is 367 g/mol. The number of hydrogen-bond acceptors (Lipinski definition) is 4. The van der Waals surface area contributed by atoms with E-state index in [0.717, 1.165) is 35.0 Å². The maximum absolute atomic E-state index is 13.1. The molecule has 0 radical (unpaired) electrons. The van der Waals surface area contributed by atoms with Gasteiger partial charge in [-0.25, -0.2) is 9.18 Å². The van der Waals surface area contributed by atoms with E-state index in [9.17, 15) is 14.3 Å². The largest absolute Gasteiger partial charge is 0.423 e. The molecule has 0 amide bonds. The molecule has 1 aromatic heterocycles. The zero-order chi connectivity index (χ0) is 19.0. The van der Waals surface area contributed by atoms with Crippen LogP contribution in [0.4, 0.5) is 4.39 Å². The fourth-order valence-corrected chi connectivity index (χ4v) is 3.97. The van der Waals surface area contributed by atoms with Crippen LogP contribution >= 0.6 is 0 Å². The molecular weight excluding hydrogens is 345 g/mol. The minimum Gasteiger partial charge on any atom is -0.423 e. The Bertz CT molecular complexity index is 1010. The summed E-state index contributed by atoms with van der Waals surface area (Å²) in [7, 11) is 0. The number of aliphatic hydroxyl groups excluding tert-OH is 1. The van der Waals surface area contributed by atoms with Gasteiger partial charge in [0.25, 0.3) is 0 Å².